The first-order valence-electron chi connectivity index (χ1n) is 10.3. The minimum atomic E-state index is -0.597. The van der Waals surface area contributed by atoms with Crippen molar-refractivity contribution in [2.75, 3.05) is 31.0 Å². The molecule has 0 spiro atoms. The molecule has 2 aromatic rings. The number of benzene rings is 1. The van der Waals surface area contributed by atoms with Crippen LogP contribution in [-0.4, -0.2) is 42.0 Å². The second-order valence-electron chi connectivity index (χ2n) is 7.93. The van der Waals surface area contributed by atoms with E-state index in [-0.39, 0.29) is 5.88 Å². The van der Waals surface area contributed by atoms with Crippen LogP contribution < -0.4 is 15.4 Å². The Morgan fingerprint density at radius 1 is 1.18 bits per heavy atom. The molecule has 10 heteroatoms. The number of rotatable bonds is 9. The third-order valence-corrected chi connectivity index (χ3v) is 4.46. The molecule has 3 rings (SSSR count). The molecule has 0 saturated heterocycles. The molecular formula is C24H25BrN4O5. The van der Waals surface area contributed by atoms with E-state index in [1.165, 1.54) is 0 Å². The first kappa shape index (κ1) is 25.1. The number of halogens is 1. The molecule has 1 aliphatic carbocycles. The Balaban J connectivity index is 1.69. The Hall–Kier alpha value is -3.55. The maximum absolute atomic E-state index is 12.0. The van der Waals surface area contributed by atoms with Gasteiger partial charge in [-0.3, -0.25) is 5.32 Å². The predicted octanol–water partition coefficient (Wildman–Crippen LogP) is 5.54. The second kappa shape index (κ2) is 11.5. The van der Waals surface area contributed by atoms with E-state index in [2.05, 4.69) is 48.0 Å². The van der Waals surface area contributed by atoms with Gasteiger partial charge in [-0.05, 0) is 72.4 Å². The van der Waals surface area contributed by atoms with Gasteiger partial charge in [-0.1, -0.05) is 6.07 Å². The average molecular weight is 529 g/mol. The van der Waals surface area contributed by atoms with Crippen LogP contribution in [0, 0.1) is 0 Å². The van der Waals surface area contributed by atoms with Gasteiger partial charge in [-0.2, -0.15) is 4.98 Å². The fourth-order valence-electron chi connectivity index (χ4n) is 2.54. The zero-order valence-electron chi connectivity index (χ0n) is 19.3. The van der Waals surface area contributed by atoms with Crippen molar-refractivity contribution < 1.29 is 23.7 Å². The van der Waals surface area contributed by atoms with Crippen LogP contribution in [0.3, 0.4) is 0 Å². The summed E-state index contributed by atoms with van der Waals surface area (Å²) in [6.45, 7) is 6.31. The molecule has 0 bridgehead atoms. The maximum atomic E-state index is 12.0. The van der Waals surface area contributed by atoms with Crippen molar-refractivity contribution in [3.8, 4) is 11.6 Å². The lowest BCUT2D eigenvalue weighted by atomic mass is 10.2. The Morgan fingerprint density at radius 3 is 2.71 bits per heavy atom. The summed E-state index contributed by atoms with van der Waals surface area (Å²) < 4.78 is 22.2. The summed E-state index contributed by atoms with van der Waals surface area (Å²) in [5.41, 5.74) is 6.39. The zero-order chi connectivity index (χ0) is 24.6. The number of carbonyl (C=O) groups excluding carboxylic acids is 1. The van der Waals surface area contributed by atoms with Gasteiger partial charge in [-0.25, -0.2) is 9.78 Å². The number of methoxy groups -OCH3 is 1. The Labute approximate surface area is 206 Å². The lowest BCUT2D eigenvalue weighted by Gasteiger charge is -2.19. The molecule has 0 unspecified atom stereocenters. The van der Waals surface area contributed by atoms with E-state index in [1.54, 1.807) is 70.5 Å². The summed E-state index contributed by atoms with van der Waals surface area (Å²) in [7, 11) is 1.61. The summed E-state index contributed by atoms with van der Waals surface area (Å²) in [6.07, 6.45) is 4.55. The van der Waals surface area contributed by atoms with Crippen molar-refractivity contribution in [3.05, 3.63) is 70.0 Å². The molecule has 0 aliphatic heterocycles. The standard InChI is InChI=1S/C24H25BrN4O5/c1-24(2,3)34-23(30)28-17-6-5-7-19(14-17)33-21-20(25)15-26-22(29-21)27-16-8-10-18(11-9-16)32-13-12-31-4/h5-8,10,14-15H,12-13H2,1-4H3,(H,28,30)(H,26,27,29). The van der Waals surface area contributed by atoms with Gasteiger partial charge in [0.1, 0.15) is 18.0 Å². The van der Waals surface area contributed by atoms with Crippen LogP contribution in [0.1, 0.15) is 20.8 Å². The summed E-state index contributed by atoms with van der Waals surface area (Å²) in [6, 6.07) is 6.88. The first-order chi connectivity index (χ1) is 16.2. The molecule has 9 nitrogen and oxygen atoms in total. The van der Waals surface area contributed by atoms with Crippen molar-refractivity contribution in [2.45, 2.75) is 26.4 Å². The molecular weight excluding hydrogens is 504 g/mol. The number of hydrogen-bond acceptors (Lipinski definition) is 8. The second-order valence-corrected chi connectivity index (χ2v) is 8.79. The summed E-state index contributed by atoms with van der Waals surface area (Å²) in [5.74, 6) is 1.62. The van der Waals surface area contributed by atoms with Gasteiger partial charge in [0.05, 0.1) is 23.0 Å². The topological polar surface area (TPSA) is 104 Å². The summed E-state index contributed by atoms with van der Waals surface area (Å²) >= 11 is 3.40. The van der Waals surface area contributed by atoms with E-state index in [4.69, 9.17) is 18.9 Å². The quantitative estimate of drug-likeness (QED) is 0.322. The van der Waals surface area contributed by atoms with Crippen LogP contribution in [0.25, 0.3) is 0 Å². The highest BCUT2D eigenvalue weighted by atomic mass is 79.9. The van der Waals surface area contributed by atoms with E-state index >= 15 is 0 Å². The van der Waals surface area contributed by atoms with Crippen LogP contribution in [0.4, 0.5) is 16.4 Å². The smallest absolute Gasteiger partial charge is 0.412 e. The van der Waals surface area contributed by atoms with Crippen molar-refractivity contribution in [2.24, 2.45) is 0 Å². The van der Waals surface area contributed by atoms with Gasteiger partial charge in [-0.15, -0.1) is 0 Å². The van der Waals surface area contributed by atoms with E-state index in [1.807, 2.05) is 0 Å². The Kier molecular flexibility index (Phi) is 8.51. The van der Waals surface area contributed by atoms with Gasteiger partial charge >= 0.3 is 6.09 Å². The number of aromatic nitrogens is 2. The molecule has 1 aromatic heterocycles. The van der Waals surface area contributed by atoms with E-state index in [0.29, 0.717) is 46.5 Å². The van der Waals surface area contributed by atoms with E-state index < -0.39 is 11.7 Å². The predicted molar refractivity (Wildman–Crippen MR) is 131 cm³/mol. The molecule has 34 heavy (non-hydrogen) atoms. The highest BCUT2D eigenvalue weighted by Gasteiger charge is 2.16. The fraction of sp³-hybridized carbons (Fsp3) is 0.292. The average Bonchev–Trinajstić information content (AvgIpc) is 2.76. The van der Waals surface area contributed by atoms with Gasteiger partial charge in [0.2, 0.25) is 11.8 Å². The Bertz CT molecular complexity index is 1180. The third kappa shape index (κ3) is 8.10. The van der Waals surface area contributed by atoms with Crippen LogP contribution in [0.15, 0.2) is 70.0 Å². The van der Waals surface area contributed by atoms with E-state index in [0.717, 1.165) is 0 Å². The van der Waals surface area contributed by atoms with Crippen molar-refractivity contribution in [1.82, 2.24) is 9.97 Å². The number of nitrogens with zero attached hydrogens (tertiary/aromatic N) is 2. The molecule has 1 aromatic carbocycles. The van der Waals surface area contributed by atoms with Crippen molar-refractivity contribution in [1.29, 1.82) is 0 Å². The number of ether oxygens (including phenoxy) is 4. The number of hydrogen-bond donors (Lipinski definition) is 2. The number of anilines is 2. The molecule has 1 amide bonds. The Morgan fingerprint density at radius 2 is 2.00 bits per heavy atom. The highest BCUT2D eigenvalue weighted by molar-refractivity contribution is 9.10. The lowest BCUT2D eigenvalue weighted by molar-refractivity contribution is 0.0636. The monoisotopic (exact) mass is 528 g/mol. The minimum Gasteiger partial charge on any atom is -0.483 e. The molecule has 2 N–H and O–H groups in total. The number of carbonyl (C=O) groups is 1. The van der Waals surface area contributed by atoms with Crippen molar-refractivity contribution >= 4 is 33.7 Å². The maximum Gasteiger partial charge on any atom is 0.412 e. The normalized spacial score (nSPS) is 12.5. The molecule has 0 atom stereocenters. The summed E-state index contributed by atoms with van der Waals surface area (Å²) in [4.78, 5) is 20.7. The van der Waals surface area contributed by atoms with Crippen molar-refractivity contribution in [3.63, 3.8) is 0 Å². The van der Waals surface area contributed by atoms with Crippen LogP contribution >= 0.6 is 15.9 Å². The lowest BCUT2D eigenvalue weighted by Crippen LogP contribution is -2.27. The largest absolute Gasteiger partial charge is 0.483 e. The van der Waals surface area contributed by atoms with Gasteiger partial charge < -0.3 is 24.3 Å². The summed E-state index contributed by atoms with van der Waals surface area (Å²) in [5, 5.41) is 5.73. The van der Waals surface area contributed by atoms with Crippen LogP contribution in [0.2, 0.25) is 0 Å². The molecule has 0 radical (unpaired) electrons. The first-order valence-corrected chi connectivity index (χ1v) is 11.1. The molecule has 178 valence electrons. The number of allylic oxidation sites excluding steroid dienone is 2. The fourth-order valence-corrected chi connectivity index (χ4v) is 2.81. The minimum absolute atomic E-state index is 0.287. The molecule has 0 fully saturated rings. The van der Waals surface area contributed by atoms with E-state index in [9.17, 15) is 4.79 Å². The number of amides is 1. The van der Waals surface area contributed by atoms with Gasteiger partial charge in [0.15, 0.2) is 5.76 Å². The zero-order valence-corrected chi connectivity index (χ0v) is 20.9. The van der Waals surface area contributed by atoms with Crippen LogP contribution in [-0.2, 0) is 14.2 Å². The van der Waals surface area contributed by atoms with Gasteiger partial charge in [0, 0.05) is 18.9 Å². The SMILES string of the molecule is COCCOC1=C=C=C(Nc2ncc(Br)c(Oc3cccc(NC(=O)OC(C)(C)C)c3)n2)C=C1. The molecule has 1 heterocycles. The third-order valence-electron chi connectivity index (χ3n) is 3.92. The molecule has 1 aliphatic rings. The van der Waals surface area contributed by atoms with Gasteiger partial charge in [0.25, 0.3) is 0 Å². The number of nitrogens with one attached hydrogen (secondary N) is 2. The van der Waals surface area contributed by atoms with Crippen LogP contribution in [0.5, 0.6) is 11.6 Å². The highest BCUT2D eigenvalue weighted by Crippen LogP contribution is 2.29. The molecule has 0 saturated carbocycles.